The zero-order valence-electron chi connectivity index (χ0n) is 16.5. The second kappa shape index (κ2) is 7.63. The third kappa shape index (κ3) is 3.95. The molecule has 28 heavy (non-hydrogen) atoms. The lowest BCUT2D eigenvalue weighted by atomic mass is 10.0. The van der Waals surface area contributed by atoms with Gasteiger partial charge in [0.25, 0.3) is 5.91 Å². The quantitative estimate of drug-likeness (QED) is 0.586. The molecule has 1 aromatic heterocycles. The highest BCUT2D eigenvalue weighted by Crippen LogP contribution is 2.44. The number of hydrogen-bond acceptors (Lipinski definition) is 7. The maximum Gasteiger partial charge on any atom is 0.355 e. The minimum Gasteiger partial charge on any atom is -0.469 e. The van der Waals surface area contributed by atoms with E-state index in [9.17, 15) is 14.4 Å². The van der Waals surface area contributed by atoms with Gasteiger partial charge in [0, 0.05) is 7.11 Å². The molecule has 3 rings (SSSR count). The summed E-state index contributed by atoms with van der Waals surface area (Å²) in [5, 5.41) is 2.29. The summed E-state index contributed by atoms with van der Waals surface area (Å²) in [4.78, 5) is 39.1. The highest BCUT2D eigenvalue weighted by Gasteiger charge is 2.56. The first-order valence-corrected chi connectivity index (χ1v) is 9.84. The average molecular weight is 408 g/mol. The van der Waals surface area contributed by atoms with Gasteiger partial charge in [-0.1, -0.05) is 11.8 Å². The molecule has 0 spiro atoms. The van der Waals surface area contributed by atoms with Crippen LogP contribution in [-0.2, 0) is 30.3 Å². The normalized spacial score (nSPS) is 24.5. The Hall–Kier alpha value is -2.26. The summed E-state index contributed by atoms with van der Waals surface area (Å²) >= 11 is 1.37. The highest BCUT2D eigenvalue weighted by molar-refractivity contribution is 8.00. The Bertz CT molecular complexity index is 811. The fourth-order valence-corrected chi connectivity index (χ4v) is 4.47. The minimum absolute atomic E-state index is 0.0374. The van der Waals surface area contributed by atoms with Crippen LogP contribution >= 0.6 is 11.8 Å². The number of thioether (sulfide) groups is 1. The van der Waals surface area contributed by atoms with Gasteiger partial charge in [-0.2, -0.15) is 0 Å². The molecule has 152 valence electrons. The van der Waals surface area contributed by atoms with Gasteiger partial charge < -0.3 is 19.2 Å². The van der Waals surface area contributed by atoms with Crippen molar-refractivity contribution < 1.29 is 28.3 Å². The number of fused-ring (bicyclic) bond motifs is 1. The molecular weight excluding hydrogens is 384 g/mol. The maximum atomic E-state index is 12.7. The van der Waals surface area contributed by atoms with Crippen molar-refractivity contribution in [1.29, 1.82) is 0 Å². The fraction of sp³-hybridized carbons (Fsp3) is 0.526. The monoisotopic (exact) mass is 408 g/mol. The molecule has 0 radical (unpaired) electrons. The Morgan fingerprint density at radius 2 is 2.07 bits per heavy atom. The lowest BCUT2D eigenvalue weighted by Gasteiger charge is -2.51. The van der Waals surface area contributed by atoms with E-state index >= 15 is 0 Å². The van der Waals surface area contributed by atoms with E-state index in [1.807, 2.05) is 0 Å². The molecule has 2 aliphatic rings. The molecule has 0 aliphatic carbocycles. The molecule has 1 aromatic rings. The molecule has 0 saturated carbocycles. The van der Waals surface area contributed by atoms with Crippen molar-refractivity contribution in [2.24, 2.45) is 0 Å². The van der Waals surface area contributed by atoms with Crippen molar-refractivity contribution in [1.82, 2.24) is 10.2 Å². The first-order valence-electron chi connectivity index (χ1n) is 8.89. The molecule has 9 heteroatoms. The van der Waals surface area contributed by atoms with Crippen LogP contribution in [-0.4, -0.2) is 52.2 Å². The smallest absolute Gasteiger partial charge is 0.355 e. The van der Waals surface area contributed by atoms with E-state index in [2.05, 4.69) is 5.32 Å². The van der Waals surface area contributed by atoms with Crippen LogP contribution in [0.15, 0.2) is 34.1 Å². The Balaban J connectivity index is 1.77. The number of β-lactam (4-membered cyclic amide) rings is 1. The first kappa shape index (κ1) is 20.5. The van der Waals surface area contributed by atoms with Crippen LogP contribution in [0.3, 0.4) is 0 Å². The van der Waals surface area contributed by atoms with E-state index < -0.39 is 28.4 Å². The average Bonchev–Trinajstić information content (AvgIpc) is 3.10. The van der Waals surface area contributed by atoms with Gasteiger partial charge in [0.2, 0.25) is 5.91 Å². The van der Waals surface area contributed by atoms with Crippen molar-refractivity contribution in [3.05, 3.63) is 35.4 Å². The number of carbonyl (C=O) groups is 3. The van der Waals surface area contributed by atoms with Crippen molar-refractivity contribution in [2.75, 3.05) is 7.11 Å². The fourth-order valence-electron chi connectivity index (χ4n) is 3.12. The minimum atomic E-state index is -0.740. The van der Waals surface area contributed by atoms with Gasteiger partial charge in [-0.05, 0) is 45.4 Å². The largest absolute Gasteiger partial charge is 0.469 e. The Kier molecular flexibility index (Phi) is 5.58. The van der Waals surface area contributed by atoms with Crippen LogP contribution in [0.2, 0.25) is 0 Å². The van der Waals surface area contributed by atoms with Crippen LogP contribution < -0.4 is 5.32 Å². The lowest BCUT2D eigenvalue weighted by molar-refractivity contribution is -0.159. The molecular formula is C19H24N2O6S. The summed E-state index contributed by atoms with van der Waals surface area (Å²) in [7, 11) is 1.54. The number of carbonyl (C=O) groups excluding carboxylic acids is 3. The molecule has 3 atom stereocenters. The number of furan rings is 1. The second-order valence-electron chi connectivity index (χ2n) is 7.64. The third-order valence-electron chi connectivity index (χ3n) is 4.31. The summed E-state index contributed by atoms with van der Waals surface area (Å²) in [5.74, 6) is -0.740. The van der Waals surface area contributed by atoms with Crippen molar-refractivity contribution >= 4 is 29.5 Å². The summed E-state index contributed by atoms with van der Waals surface area (Å²) in [6.07, 6.45) is 1.52. The van der Waals surface area contributed by atoms with Crippen LogP contribution in [0, 0.1) is 0 Å². The predicted molar refractivity (Wildman–Crippen MR) is 102 cm³/mol. The van der Waals surface area contributed by atoms with Gasteiger partial charge in [0.05, 0.1) is 12.7 Å². The zero-order chi connectivity index (χ0) is 20.6. The van der Waals surface area contributed by atoms with E-state index in [1.54, 1.807) is 39.8 Å². The third-order valence-corrected chi connectivity index (χ3v) is 5.87. The number of methoxy groups -OCH3 is 1. The van der Waals surface area contributed by atoms with Gasteiger partial charge in [-0.3, -0.25) is 14.5 Å². The van der Waals surface area contributed by atoms with E-state index in [-0.39, 0.29) is 23.9 Å². The molecule has 1 saturated heterocycles. The van der Waals surface area contributed by atoms with Gasteiger partial charge in [0.15, 0.2) is 0 Å². The molecule has 8 nitrogen and oxygen atoms in total. The number of nitrogens with zero attached hydrogens (tertiary/aromatic N) is 1. The van der Waals surface area contributed by atoms with Gasteiger partial charge in [-0.25, -0.2) is 4.79 Å². The Morgan fingerprint density at radius 1 is 1.36 bits per heavy atom. The molecule has 2 amide bonds. The van der Waals surface area contributed by atoms with E-state index in [0.29, 0.717) is 11.3 Å². The van der Waals surface area contributed by atoms with Gasteiger partial charge >= 0.3 is 5.97 Å². The number of amides is 2. The summed E-state index contributed by atoms with van der Waals surface area (Å²) in [5.41, 5.74) is -0.308. The summed E-state index contributed by atoms with van der Waals surface area (Å²) < 4.78 is 16.1. The number of ether oxygens (including phenoxy) is 2. The number of esters is 1. The Labute approximate surface area is 167 Å². The topological polar surface area (TPSA) is 98.1 Å². The molecule has 1 N–H and O–H groups in total. The van der Waals surface area contributed by atoms with E-state index in [0.717, 1.165) is 0 Å². The van der Waals surface area contributed by atoms with Crippen LogP contribution in [0.1, 0.15) is 33.5 Å². The number of nitrogens with one attached hydrogen (secondary N) is 1. The van der Waals surface area contributed by atoms with Crippen molar-refractivity contribution in [3.63, 3.8) is 0 Å². The van der Waals surface area contributed by atoms with E-state index in [4.69, 9.17) is 13.9 Å². The second-order valence-corrected chi connectivity index (χ2v) is 8.82. The van der Waals surface area contributed by atoms with Crippen LogP contribution in [0.25, 0.3) is 0 Å². The molecule has 3 heterocycles. The van der Waals surface area contributed by atoms with Crippen molar-refractivity contribution in [2.45, 2.75) is 56.6 Å². The lowest BCUT2D eigenvalue weighted by Crippen LogP contribution is -2.71. The zero-order valence-corrected chi connectivity index (χ0v) is 17.3. The van der Waals surface area contributed by atoms with Crippen LogP contribution in [0.5, 0.6) is 0 Å². The van der Waals surface area contributed by atoms with Gasteiger partial charge in [0.1, 0.15) is 33.9 Å². The standard InChI is InChI=1S/C19H24N2O6S/c1-10-14(17(24)27-19(2,3)4)21-15(23)13(16(21)28-18(10)25-5)20-12(22)9-11-7-6-8-26-11/h6-8,13,16,18H,9H2,1-5H3,(H,20,22)/t13-,16+,18-/m0/s1. The molecule has 2 aliphatic heterocycles. The van der Waals surface area contributed by atoms with E-state index in [1.165, 1.54) is 30.0 Å². The van der Waals surface area contributed by atoms with Gasteiger partial charge in [-0.15, -0.1) is 0 Å². The molecule has 0 unspecified atom stereocenters. The number of hydrogen-bond donors (Lipinski definition) is 1. The number of rotatable bonds is 5. The molecule has 0 bridgehead atoms. The maximum absolute atomic E-state index is 12.7. The van der Waals surface area contributed by atoms with Crippen molar-refractivity contribution in [3.8, 4) is 0 Å². The first-order chi connectivity index (χ1) is 13.1. The summed E-state index contributed by atoms with van der Waals surface area (Å²) in [6.45, 7) is 7.03. The highest BCUT2D eigenvalue weighted by atomic mass is 32.2. The predicted octanol–water partition coefficient (Wildman–Crippen LogP) is 1.81. The SMILES string of the molecule is CO[C@H]1S[C@@H]2[C@@H](NC(=O)Cc3ccco3)C(=O)N2C(C(=O)OC(C)(C)C)=C1C. The van der Waals surface area contributed by atoms with Crippen LogP contribution in [0.4, 0.5) is 0 Å². The molecule has 1 fully saturated rings. The molecule has 0 aromatic carbocycles. The summed E-state index contributed by atoms with van der Waals surface area (Å²) in [6, 6.07) is 2.65. The Morgan fingerprint density at radius 3 is 2.64 bits per heavy atom.